The molecule has 0 aliphatic rings. The minimum atomic E-state index is -0.374. The molecular formula is C22H24N2O4S. The Labute approximate surface area is 173 Å². The van der Waals surface area contributed by atoms with Gasteiger partial charge in [0.1, 0.15) is 5.75 Å². The van der Waals surface area contributed by atoms with Crippen molar-refractivity contribution in [1.82, 2.24) is 4.57 Å². The Kier molecular flexibility index (Phi) is 7.19. The van der Waals surface area contributed by atoms with Crippen molar-refractivity contribution in [2.45, 2.75) is 33.2 Å². The number of hydrogen-bond acceptors (Lipinski definition) is 5. The first-order valence-electron chi connectivity index (χ1n) is 9.64. The van der Waals surface area contributed by atoms with Gasteiger partial charge in [0.2, 0.25) is 0 Å². The van der Waals surface area contributed by atoms with Crippen molar-refractivity contribution in [2.24, 2.45) is 4.99 Å². The fourth-order valence-corrected chi connectivity index (χ4v) is 4.01. The van der Waals surface area contributed by atoms with Crippen LogP contribution in [0.15, 0.2) is 53.5 Å². The molecule has 29 heavy (non-hydrogen) atoms. The number of aryl methyl sites for hydroxylation is 2. The molecule has 6 nitrogen and oxygen atoms in total. The second kappa shape index (κ2) is 10.0. The zero-order valence-electron chi connectivity index (χ0n) is 16.6. The monoisotopic (exact) mass is 412 g/mol. The average Bonchev–Trinajstić information content (AvgIpc) is 3.07. The minimum Gasteiger partial charge on any atom is -0.484 e. The maximum absolute atomic E-state index is 12.4. The van der Waals surface area contributed by atoms with Crippen molar-refractivity contribution >= 4 is 33.4 Å². The number of esters is 1. The van der Waals surface area contributed by atoms with E-state index in [-0.39, 0.29) is 24.9 Å². The highest BCUT2D eigenvalue weighted by Gasteiger charge is 2.11. The molecule has 3 aromatic rings. The molecule has 3 rings (SSSR count). The number of ether oxygens (including phenoxy) is 2. The summed E-state index contributed by atoms with van der Waals surface area (Å²) >= 11 is 1.44. The molecule has 0 aliphatic carbocycles. The number of nitrogens with zero attached hydrogens (tertiary/aromatic N) is 2. The highest BCUT2D eigenvalue weighted by Crippen LogP contribution is 2.20. The van der Waals surface area contributed by atoms with E-state index in [9.17, 15) is 9.59 Å². The summed E-state index contributed by atoms with van der Waals surface area (Å²) in [7, 11) is 0. The predicted molar refractivity (Wildman–Crippen MR) is 113 cm³/mol. The van der Waals surface area contributed by atoms with Crippen LogP contribution in [-0.2, 0) is 27.3 Å². The van der Waals surface area contributed by atoms with Gasteiger partial charge in [0.25, 0.3) is 5.91 Å². The van der Waals surface area contributed by atoms with Crippen molar-refractivity contribution in [3.05, 3.63) is 58.9 Å². The second-order valence-corrected chi connectivity index (χ2v) is 7.36. The van der Waals surface area contributed by atoms with Crippen LogP contribution in [0.3, 0.4) is 0 Å². The lowest BCUT2D eigenvalue weighted by Crippen LogP contribution is -2.21. The van der Waals surface area contributed by atoms with Crippen molar-refractivity contribution < 1.29 is 19.1 Å². The molecule has 1 aromatic heterocycles. The molecule has 152 valence electrons. The minimum absolute atomic E-state index is 0.143. The third-order valence-corrected chi connectivity index (χ3v) is 5.37. The quantitative estimate of drug-likeness (QED) is 0.529. The Morgan fingerprint density at radius 1 is 1.10 bits per heavy atom. The van der Waals surface area contributed by atoms with E-state index >= 15 is 0 Å². The number of para-hydroxylation sites is 1. The van der Waals surface area contributed by atoms with Crippen molar-refractivity contribution in [3.63, 3.8) is 0 Å². The maximum Gasteiger partial charge on any atom is 0.307 e. The number of hydrogen-bond donors (Lipinski definition) is 0. The van der Waals surface area contributed by atoms with Gasteiger partial charge in [0.15, 0.2) is 11.4 Å². The number of carbonyl (C=O) groups is 2. The van der Waals surface area contributed by atoms with E-state index < -0.39 is 0 Å². The lowest BCUT2D eigenvalue weighted by molar-refractivity contribution is -0.143. The van der Waals surface area contributed by atoms with Gasteiger partial charge in [-0.15, -0.1) is 0 Å². The van der Waals surface area contributed by atoms with E-state index in [1.54, 1.807) is 19.1 Å². The molecule has 0 atom stereocenters. The molecule has 2 aromatic carbocycles. The fraction of sp³-hybridized carbons (Fsp3) is 0.318. The highest BCUT2D eigenvalue weighted by atomic mass is 32.1. The Balaban J connectivity index is 1.87. The lowest BCUT2D eigenvalue weighted by Gasteiger charge is -2.06. The number of benzene rings is 2. The maximum atomic E-state index is 12.4. The molecule has 1 heterocycles. The van der Waals surface area contributed by atoms with Crippen molar-refractivity contribution in [3.8, 4) is 5.75 Å². The molecule has 0 radical (unpaired) electrons. The van der Waals surface area contributed by atoms with Gasteiger partial charge >= 0.3 is 5.97 Å². The van der Waals surface area contributed by atoms with E-state index in [1.807, 2.05) is 28.8 Å². The van der Waals surface area contributed by atoms with E-state index in [0.29, 0.717) is 23.7 Å². The van der Waals surface area contributed by atoms with Gasteiger partial charge in [-0.2, -0.15) is 4.99 Å². The van der Waals surface area contributed by atoms with Crippen LogP contribution in [-0.4, -0.2) is 29.7 Å². The number of aromatic nitrogens is 1. The zero-order valence-corrected chi connectivity index (χ0v) is 17.4. The molecule has 0 saturated carbocycles. The number of thiazole rings is 1. The third kappa shape index (κ3) is 5.54. The molecule has 0 N–H and O–H groups in total. The summed E-state index contributed by atoms with van der Waals surface area (Å²) in [6.07, 6.45) is 1.14. The molecule has 0 spiro atoms. The second-order valence-electron chi connectivity index (χ2n) is 6.35. The van der Waals surface area contributed by atoms with E-state index in [2.05, 4.69) is 24.0 Å². The largest absolute Gasteiger partial charge is 0.484 e. The van der Waals surface area contributed by atoms with Crippen LogP contribution in [0.4, 0.5) is 0 Å². The number of amides is 1. The summed E-state index contributed by atoms with van der Waals surface area (Å²) in [5.41, 5.74) is 2.16. The van der Waals surface area contributed by atoms with Crippen LogP contribution in [0, 0.1) is 0 Å². The van der Waals surface area contributed by atoms with Crippen LogP contribution in [0.5, 0.6) is 5.75 Å². The molecule has 0 saturated heterocycles. The average molecular weight is 413 g/mol. The van der Waals surface area contributed by atoms with Crippen LogP contribution in [0.2, 0.25) is 0 Å². The molecule has 7 heteroatoms. The first-order valence-corrected chi connectivity index (χ1v) is 10.5. The first kappa shape index (κ1) is 20.8. The molecular weight excluding hydrogens is 388 g/mol. The Morgan fingerprint density at radius 3 is 2.62 bits per heavy atom. The molecule has 0 aliphatic heterocycles. The van der Waals surface area contributed by atoms with Gasteiger partial charge in [-0.25, -0.2) is 0 Å². The molecule has 1 amide bonds. The molecule has 0 bridgehead atoms. The van der Waals surface area contributed by atoms with Crippen molar-refractivity contribution in [1.29, 1.82) is 0 Å². The fourth-order valence-electron chi connectivity index (χ4n) is 2.88. The van der Waals surface area contributed by atoms with Crippen LogP contribution in [0.25, 0.3) is 10.2 Å². The zero-order chi connectivity index (χ0) is 20.6. The Bertz CT molecular complexity index is 1050. The smallest absolute Gasteiger partial charge is 0.307 e. The topological polar surface area (TPSA) is 69.9 Å². The lowest BCUT2D eigenvalue weighted by atomic mass is 10.2. The van der Waals surface area contributed by atoms with Gasteiger partial charge in [0.05, 0.1) is 23.2 Å². The van der Waals surface area contributed by atoms with Gasteiger partial charge in [-0.05, 0) is 43.2 Å². The standard InChI is InChI=1S/C22H24N2O4S/c1-3-16-10-11-18-19(14-16)29-22(24(18)13-12-21(26)27-4-2)23-20(25)15-28-17-8-6-5-7-9-17/h5-11,14H,3-4,12-13,15H2,1-2H3. The summed E-state index contributed by atoms with van der Waals surface area (Å²) in [6.45, 7) is 4.48. The summed E-state index contributed by atoms with van der Waals surface area (Å²) < 4.78 is 13.5. The highest BCUT2D eigenvalue weighted by molar-refractivity contribution is 7.16. The molecule has 0 unspecified atom stereocenters. The van der Waals surface area contributed by atoms with Gasteiger partial charge < -0.3 is 14.0 Å². The van der Waals surface area contributed by atoms with Gasteiger partial charge in [0, 0.05) is 6.54 Å². The van der Waals surface area contributed by atoms with Crippen molar-refractivity contribution in [2.75, 3.05) is 13.2 Å². The van der Waals surface area contributed by atoms with E-state index in [4.69, 9.17) is 9.47 Å². The predicted octanol–water partition coefficient (Wildman–Crippen LogP) is 3.72. The van der Waals surface area contributed by atoms with Gasteiger partial charge in [-0.1, -0.05) is 42.5 Å². The van der Waals surface area contributed by atoms with Crippen LogP contribution < -0.4 is 9.54 Å². The van der Waals surface area contributed by atoms with Crippen LogP contribution >= 0.6 is 11.3 Å². The Hall–Kier alpha value is -2.93. The summed E-state index contributed by atoms with van der Waals surface area (Å²) in [5, 5.41) is 0. The summed E-state index contributed by atoms with van der Waals surface area (Å²) in [6, 6.07) is 15.3. The third-order valence-electron chi connectivity index (χ3n) is 4.33. The molecule has 0 fully saturated rings. The SMILES string of the molecule is CCOC(=O)CCn1c(=NC(=O)COc2ccccc2)sc2cc(CC)ccc21. The van der Waals surface area contributed by atoms with Gasteiger partial charge in [-0.3, -0.25) is 9.59 Å². The number of rotatable bonds is 8. The Morgan fingerprint density at radius 2 is 1.90 bits per heavy atom. The normalized spacial score (nSPS) is 11.6. The van der Waals surface area contributed by atoms with E-state index in [0.717, 1.165) is 16.6 Å². The summed E-state index contributed by atoms with van der Waals surface area (Å²) in [4.78, 5) is 29.0. The van der Waals surface area contributed by atoms with E-state index in [1.165, 1.54) is 16.9 Å². The summed E-state index contributed by atoms with van der Waals surface area (Å²) in [5.74, 6) is -0.0228. The number of fused-ring (bicyclic) bond motifs is 1. The van der Waals surface area contributed by atoms with Crippen LogP contribution in [0.1, 0.15) is 25.8 Å². The first-order chi connectivity index (χ1) is 14.1. The number of carbonyl (C=O) groups excluding carboxylic acids is 2.